The SMILES string of the molecule is O=CC(=O)C=Cc1ccccc1O. The first-order chi connectivity index (χ1) is 6.24. The van der Waals surface area contributed by atoms with Gasteiger partial charge >= 0.3 is 0 Å². The molecule has 66 valence electrons. The molecule has 0 amide bonds. The summed E-state index contributed by atoms with van der Waals surface area (Å²) < 4.78 is 0. The largest absolute Gasteiger partial charge is 0.507 e. The van der Waals surface area contributed by atoms with Crippen molar-refractivity contribution in [3.63, 3.8) is 0 Å². The molecule has 0 spiro atoms. The zero-order valence-corrected chi connectivity index (χ0v) is 6.81. The maximum absolute atomic E-state index is 10.6. The minimum Gasteiger partial charge on any atom is -0.507 e. The van der Waals surface area contributed by atoms with Gasteiger partial charge in [0.25, 0.3) is 0 Å². The Balaban J connectivity index is 2.85. The number of hydrogen-bond acceptors (Lipinski definition) is 3. The molecule has 0 aliphatic rings. The lowest BCUT2D eigenvalue weighted by Gasteiger charge is -1.95. The van der Waals surface area contributed by atoms with Crippen LogP contribution < -0.4 is 0 Å². The Kier molecular flexibility index (Phi) is 2.97. The molecule has 0 aliphatic heterocycles. The van der Waals surface area contributed by atoms with Crippen molar-refractivity contribution in [2.45, 2.75) is 0 Å². The van der Waals surface area contributed by atoms with Gasteiger partial charge in [-0.15, -0.1) is 0 Å². The zero-order valence-electron chi connectivity index (χ0n) is 6.81. The summed E-state index contributed by atoms with van der Waals surface area (Å²) in [6, 6.07) is 6.55. The summed E-state index contributed by atoms with van der Waals surface area (Å²) in [5.41, 5.74) is 0.512. The van der Waals surface area contributed by atoms with Crippen molar-refractivity contribution >= 4 is 18.1 Å². The minimum atomic E-state index is -0.622. The predicted octanol–water partition coefficient (Wildman–Crippen LogP) is 1.17. The molecule has 1 aromatic carbocycles. The van der Waals surface area contributed by atoms with Crippen LogP contribution in [0.2, 0.25) is 0 Å². The van der Waals surface area contributed by atoms with Crippen molar-refractivity contribution in [3.05, 3.63) is 35.9 Å². The van der Waals surface area contributed by atoms with Crippen molar-refractivity contribution in [3.8, 4) is 5.75 Å². The molecule has 1 aromatic rings. The second kappa shape index (κ2) is 4.21. The van der Waals surface area contributed by atoms with E-state index in [1.807, 2.05) is 0 Å². The van der Waals surface area contributed by atoms with E-state index in [0.717, 1.165) is 6.08 Å². The Labute approximate surface area is 75.3 Å². The van der Waals surface area contributed by atoms with E-state index in [4.69, 9.17) is 0 Å². The topological polar surface area (TPSA) is 54.4 Å². The molecule has 3 nitrogen and oxygen atoms in total. The van der Waals surface area contributed by atoms with E-state index in [0.29, 0.717) is 5.56 Å². The molecular weight excluding hydrogens is 168 g/mol. The van der Waals surface area contributed by atoms with Gasteiger partial charge in [-0.2, -0.15) is 0 Å². The molecule has 0 bridgehead atoms. The smallest absolute Gasteiger partial charge is 0.218 e. The van der Waals surface area contributed by atoms with Crippen molar-refractivity contribution in [1.82, 2.24) is 0 Å². The highest BCUT2D eigenvalue weighted by Gasteiger charge is 1.95. The minimum absolute atomic E-state index is 0.0810. The van der Waals surface area contributed by atoms with Gasteiger partial charge in [-0.1, -0.05) is 18.2 Å². The fraction of sp³-hybridized carbons (Fsp3) is 0. The highest BCUT2D eigenvalue weighted by molar-refractivity contribution is 6.31. The Morgan fingerprint density at radius 3 is 2.62 bits per heavy atom. The number of benzene rings is 1. The van der Waals surface area contributed by atoms with Crippen molar-refractivity contribution < 1.29 is 14.7 Å². The van der Waals surface area contributed by atoms with Crippen LogP contribution in [0.5, 0.6) is 5.75 Å². The lowest BCUT2D eigenvalue weighted by molar-refractivity contribution is -0.126. The van der Waals surface area contributed by atoms with E-state index >= 15 is 0 Å². The van der Waals surface area contributed by atoms with Crippen LogP contribution in [0, 0.1) is 0 Å². The molecule has 0 atom stereocenters. The van der Waals surface area contributed by atoms with Crippen LogP contribution in [0.15, 0.2) is 30.3 Å². The quantitative estimate of drug-likeness (QED) is 0.427. The van der Waals surface area contributed by atoms with E-state index in [9.17, 15) is 14.7 Å². The van der Waals surface area contributed by atoms with Gasteiger partial charge in [0.05, 0.1) is 0 Å². The van der Waals surface area contributed by atoms with Crippen LogP contribution >= 0.6 is 0 Å². The maximum atomic E-state index is 10.6. The van der Waals surface area contributed by atoms with E-state index in [1.165, 1.54) is 12.1 Å². The first kappa shape index (κ1) is 9.19. The number of carbonyl (C=O) groups excluding carboxylic acids is 2. The monoisotopic (exact) mass is 176 g/mol. The second-order valence-electron chi connectivity index (χ2n) is 2.41. The molecule has 0 fully saturated rings. The molecule has 1 rings (SSSR count). The second-order valence-corrected chi connectivity index (χ2v) is 2.41. The van der Waals surface area contributed by atoms with Gasteiger partial charge in [-0.05, 0) is 18.2 Å². The number of allylic oxidation sites excluding steroid dienone is 1. The lowest BCUT2D eigenvalue weighted by atomic mass is 10.2. The standard InChI is InChI=1S/C10H8O3/c11-7-9(12)6-5-8-3-1-2-4-10(8)13/h1-7,13H. The Morgan fingerprint density at radius 2 is 2.00 bits per heavy atom. The molecule has 3 heteroatoms. The van der Waals surface area contributed by atoms with E-state index in [-0.39, 0.29) is 12.0 Å². The summed E-state index contributed by atoms with van der Waals surface area (Å²) in [5, 5.41) is 9.25. The van der Waals surface area contributed by atoms with Gasteiger partial charge < -0.3 is 5.11 Å². The molecule has 0 aliphatic carbocycles. The highest BCUT2D eigenvalue weighted by atomic mass is 16.3. The van der Waals surface area contributed by atoms with Crippen LogP contribution in [0.25, 0.3) is 6.08 Å². The predicted molar refractivity (Wildman–Crippen MR) is 48.2 cm³/mol. The molecule has 13 heavy (non-hydrogen) atoms. The molecule has 0 heterocycles. The fourth-order valence-corrected chi connectivity index (χ4v) is 0.840. The lowest BCUT2D eigenvalue weighted by Crippen LogP contribution is -1.90. The van der Waals surface area contributed by atoms with Crippen molar-refractivity contribution in [1.29, 1.82) is 0 Å². The van der Waals surface area contributed by atoms with Gasteiger partial charge in [0, 0.05) is 5.56 Å². The van der Waals surface area contributed by atoms with Crippen molar-refractivity contribution in [2.24, 2.45) is 0 Å². The molecule has 0 saturated carbocycles. The highest BCUT2D eigenvalue weighted by Crippen LogP contribution is 2.16. The summed E-state index contributed by atoms with van der Waals surface area (Å²) in [6.45, 7) is 0. The van der Waals surface area contributed by atoms with Gasteiger partial charge in [-0.3, -0.25) is 9.59 Å². The number of aldehydes is 1. The van der Waals surface area contributed by atoms with E-state index < -0.39 is 5.78 Å². The Bertz CT molecular complexity index is 353. The number of ketones is 1. The normalized spacial score (nSPS) is 10.2. The zero-order chi connectivity index (χ0) is 9.68. The number of phenols is 1. The maximum Gasteiger partial charge on any atom is 0.218 e. The first-order valence-corrected chi connectivity index (χ1v) is 3.69. The van der Waals surface area contributed by atoms with Gasteiger partial charge in [-0.25, -0.2) is 0 Å². The number of para-hydroxylation sites is 1. The first-order valence-electron chi connectivity index (χ1n) is 3.69. The van der Waals surface area contributed by atoms with Gasteiger partial charge in [0.15, 0.2) is 6.29 Å². The van der Waals surface area contributed by atoms with Crippen molar-refractivity contribution in [2.75, 3.05) is 0 Å². The number of aromatic hydroxyl groups is 1. The molecule has 0 saturated heterocycles. The summed E-state index contributed by atoms with van der Waals surface area (Å²) in [7, 11) is 0. The van der Waals surface area contributed by atoms with Crippen LogP contribution in [0.4, 0.5) is 0 Å². The van der Waals surface area contributed by atoms with Crippen LogP contribution in [-0.4, -0.2) is 17.2 Å². The average molecular weight is 176 g/mol. The summed E-state index contributed by atoms with van der Waals surface area (Å²) in [4.78, 5) is 20.5. The third-order valence-electron chi connectivity index (χ3n) is 1.48. The number of hydrogen-bond donors (Lipinski definition) is 1. The molecule has 0 aromatic heterocycles. The van der Waals surface area contributed by atoms with Crippen LogP contribution in [-0.2, 0) is 9.59 Å². The number of rotatable bonds is 3. The third-order valence-corrected chi connectivity index (χ3v) is 1.48. The molecule has 0 radical (unpaired) electrons. The van der Waals surface area contributed by atoms with Crippen LogP contribution in [0.1, 0.15) is 5.56 Å². The molecular formula is C10H8O3. The Hall–Kier alpha value is -1.90. The Morgan fingerprint density at radius 1 is 1.31 bits per heavy atom. The van der Waals surface area contributed by atoms with Gasteiger partial charge in [0.2, 0.25) is 5.78 Å². The van der Waals surface area contributed by atoms with E-state index in [1.54, 1.807) is 18.2 Å². The molecule has 1 N–H and O–H groups in total. The fourth-order valence-electron chi connectivity index (χ4n) is 0.840. The summed E-state index contributed by atoms with van der Waals surface area (Å²) in [5.74, 6) is -0.541. The number of carbonyl (C=O) groups is 2. The average Bonchev–Trinajstić information content (AvgIpc) is 2.16. The third kappa shape index (κ3) is 2.56. The summed E-state index contributed by atoms with van der Waals surface area (Å²) in [6.07, 6.45) is 2.73. The van der Waals surface area contributed by atoms with Gasteiger partial charge in [0.1, 0.15) is 5.75 Å². The van der Waals surface area contributed by atoms with Crippen LogP contribution in [0.3, 0.4) is 0 Å². The molecule has 0 unspecified atom stereocenters. The van der Waals surface area contributed by atoms with E-state index in [2.05, 4.69) is 0 Å². The summed E-state index contributed by atoms with van der Waals surface area (Å²) >= 11 is 0. The number of phenolic OH excluding ortho intramolecular Hbond substituents is 1.